The fourth-order valence-corrected chi connectivity index (χ4v) is 2.75. The summed E-state index contributed by atoms with van der Waals surface area (Å²) in [5.41, 5.74) is 3.37. The summed E-state index contributed by atoms with van der Waals surface area (Å²) in [6, 6.07) is 4.83. The summed E-state index contributed by atoms with van der Waals surface area (Å²) in [6.07, 6.45) is 1.65. The highest BCUT2D eigenvalue weighted by Gasteiger charge is 2.14. The molecule has 1 atom stereocenters. The molecular weight excluding hydrogens is 283 g/mol. The summed E-state index contributed by atoms with van der Waals surface area (Å²) in [4.78, 5) is 0. The molecule has 0 amide bonds. The van der Waals surface area contributed by atoms with Gasteiger partial charge in [-0.2, -0.15) is 0 Å². The quantitative estimate of drug-likeness (QED) is 0.637. The number of hydrazine groups is 1. The zero-order chi connectivity index (χ0) is 13.1. The molecule has 0 aliphatic heterocycles. The van der Waals surface area contributed by atoms with Crippen molar-refractivity contribution < 1.29 is 8.42 Å². The van der Waals surface area contributed by atoms with Crippen molar-refractivity contribution in [2.24, 2.45) is 5.84 Å². The molecule has 0 saturated carbocycles. The molecule has 3 N–H and O–H groups in total. The predicted octanol–water partition coefficient (Wildman–Crippen LogP) is 1.41. The van der Waals surface area contributed by atoms with Crippen LogP contribution in [0.5, 0.6) is 0 Å². The number of sulfone groups is 1. The van der Waals surface area contributed by atoms with Crippen LogP contribution in [-0.2, 0) is 16.3 Å². The Labute approximate surface area is 111 Å². The molecule has 0 spiro atoms. The minimum atomic E-state index is -3.08. The van der Waals surface area contributed by atoms with E-state index in [2.05, 4.69) is 5.43 Å². The van der Waals surface area contributed by atoms with E-state index < -0.39 is 9.84 Å². The average Bonchev–Trinajstić information content (AvgIpc) is 2.20. The maximum atomic E-state index is 11.2. The van der Waals surface area contributed by atoms with Gasteiger partial charge in [0.15, 0.2) is 0 Å². The lowest BCUT2D eigenvalue weighted by Crippen LogP contribution is -2.41. The Kier molecular flexibility index (Phi) is 5.22. The van der Waals surface area contributed by atoms with Crippen molar-refractivity contribution in [3.63, 3.8) is 0 Å². The van der Waals surface area contributed by atoms with E-state index >= 15 is 0 Å². The Morgan fingerprint density at radius 3 is 2.47 bits per heavy atom. The van der Waals surface area contributed by atoms with Crippen LogP contribution < -0.4 is 11.3 Å². The summed E-state index contributed by atoms with van der Waals surface area (Å²) in [6.45, 7) is 0. The van der Waals surface area contributed by atoms with Gasteiger partial charge in [0, 0.05) is 12.3 Å². The lowest BCUT2D eigenvalue weighted by molar-refractivity contribution is 0.546. The Morgan fingerprint density at radius 1 is 1.35 bits per heavy atom. The van der Waals surface area contributed by atoms with Crippen molar-refractivity contribution in [1.29, 1.82) is 0 Å². The second kappa shape index (κ2) is 6.02. The first-order chi connectivity index (χ1) is 7.81. The highest BCUT2D eigenvalue weighted by molar-refractivity contribution is 7.90. The van der Waals surface area contributed by atoms with E-state index in [4.69, 9.17) is 29.0 Å². The predicted molar refractivity (Wildman–Crippen MR) is 71.0 cm³/mol. The van der Waals surface area contributed by atoms with Crippen molar-refractivity contribution in [3.05, 3.63) is 33.8 Å². The molecule has 96 valence electrons. The van der Waals surface area contributed by atoms with Crippen molar-refractivity contribution in [2.45, 2.75) is 12.5 Å². The maximum Gasteiger partial charge on any atom is 0.149 e. The second-order valence-electron chi connectivity index (χ2n) is 3.91. The Balaban J connectivity index is 2.77. The van der Waals surface area contributed by atoms with Crippen LogP contribution in [-0.4, -0.2) is 26.5 Å². The molecule has 4 nitrogen and oxygen atoms in total. The van der Waals surface area contributed by atoms with Crippen LogP contribution >= 0.6 is 23.2 Å². The highest BCUT2D eigenvalue weighted by atomic mass is 35.5. The lowest BCUT2D eigenvalue weighted by Gasteiger charge is -2.15. The lowest BCUT2D eigenvalue weighted by atomic mass is 10.1. The normalized spacial score (nSPS) is 13.6. The van der Waals surface area contributed by atoms with E-state index in [0.29, 0.717) is 16.5 Å². The molecule has 1 unspecified atom stereocenters. The number of halogens is 2. The fraction of sp³-hybridized carbons (Fsp3) is 0.400. The third kappa shape index (κ3) is 5.23. The SMILES string of the molecule is CS(=O)(=O)CC(Cc1ccc(Cl)c(Cl)c1)NN. The molecule has 1 aromatic rings. The van der Waals surface area contributed by atoms with Crippen molar-refractivity contribution in [1.82, 2.24) is 5.43 Å². The molecule has 0 bridgehead atoms. The number of nitrogens with two attached hydrogens (primary N) is 1. The monoisotopic (exact) mass is 296 g/mol. The Hall–Kier alpha value is -0.330. The van der Waals surface area contributed by atoms with Gasteiger partial charge in [0.25, 0.3) is 0 Å². The van der Waals surface area contributed by atoms with Crippen molar-refractivity contribution in [3.8, 4) is 0 Å². The zero-order valence-electron chi connectivity index (χ0n) is 9.28. The topological polar surface area (TPSA) is 72.2 Å². The average molecular weight is 297 g/mol. The first-order valence-electron chi connectivity index (χ1n) is 4.89. The van der Waals surface area contributed by atoms with E-state index in [9.17, 15) is 8.42 Å². The van der Waals surface area contributed by atoms with Crippen LogP contribution in [0.3, 0.4) is 0 Å². The summed E-state index contributed by atoms with van der Waals surface area (Å²) >= 11 is 11.7. The van der Waals surface area contributed by atoms with E-state index in [1.807, 2.05) is 0 Å². The van der Waals surface area contributed by atoms with Crippen molar-refractivity contribution in [2.75, 3.05) is 12.0 Å². The van der Waals surface area contributed by atoms with Gasteiger partial charge in [-0.05, 0) is 24.1 Å². The largest absolute Gasteiger partial charge is 0.271 e. The number of benzene rings is 1. The molecule has 0 aliphatic rings. The minimum Gasteiger partial charge on any atom is -0.271 e. The molecule has 0 fully saturated rings. The molecule has 1 rings (SSSR count). The van der Waals surface area contributed by atoms with Gasteiger partial charge in [-0.1, -0.05) is 29.3 Å². The summed E-state index contributed by atoms with van der Waals surface area (Å²) in [5.74, 6) is 5.30. The molecule has 0 aliphatic carbocycles. The molecule has 17 heavy (non-hydrogen) atoms. The fourth-order valence-electron chi connectivity index (χ4n) is 1.48. The third-order valence-corrected chi connectivity index (χ3v) is 3.95. The number of hydrogen-bond donors (Lipinski definition) is 2. The van der Waals surface area contributed by atoms with E-state index in [0.717, 1.165) is 5.56 Å². The molecular formula is C10H14Cl2N2O2S. The van der Waals surface area contributed by atoms with Crippen LogP contribution in [0, 0.1) is 0 Å². The van der Waals surface area contributed by atoms with E-state index in [1.165, 1.54) is 6.26 Å². The standard InChI is InChI=1S/C10H14Cl2N2O2S/c1-17(15,16)6-8(14-13)4-7-2-3-9(11)10(12)5-7/h2-3,5,8,14H,4,6,13H2,1H3. The van der Waals surface area contributed by atoms with Gasteiger partial charge in [-0.25, -0.2) is 8.42 Å². The molecule has 0 saturated heterocycles. The number of rotatable bonds is 5. The number of hydrogen-bond acceptors (Lipinski definition) is 4. The molecule has 7 heteroatoms. The first-order valence-corrected chi connectivity index (χ1v) is 7.71. The van der Waals surface area contributed by atoms with Crippen LogP contribution in [0.2, 0.25) is 10.0 Å². The zero-order valence-corrected chi connectivity index (χ0v) is 11.6. The Morgan fingerprint density at radius 2 is 2.00 bits per heavy atom. The summed E-state index contributed by atoms with van der Waals surface area (Å²) in [5, 5.41) is 0.912. The van der Waals surface area contributed by atoms with Gasteiger partial charge in [-0.3, -0.25) is 11.3 Å². The van der Waals surface area contributed by atoms with Gasteiger partial charge in [0.1, 0.15) is 9.84 Å². The summed E-state index contributed by atoms with van der Waals surface area (Å²) in [7, 11) is -3.08. The molecule has 0 aromatic heterocycles. The van der Waals surface area contributed by atoms with Crippen LogP contribution in [0.25, 0.3) is 0 Å². The maximum absolute atomic E-state index is 11.2. The number of nitrogens with one attached hydrogen (secondary N) is 1. The third-order valence-electron chi connectivity index (χ3n) is 2.21. The summed E-state index contributed by atoms with van der Waals surface area (Å²) < 4.78 is 22.3. The Bertz CT molecular complexity index is 491. The van der Waals surface area contributed by atoms with Crippen LogP contribution in [0.4, 0.5) is 0 Å². The van der Waals surface area contributed by atoms with Gasteiger partial charge < -0.3 is 0 Å². The molecule has 0 heterocycles. The van der Waals surface area contributed by atoms with Gasteiger partial charge in [0.2, 0.25) is 0 Å². The molecule has 1 aromatic carbocycles. The van der Waals surface area contributed by atoms with Crippen LogP contribution in [0.1, 0.15) is 5.56 Å². The first kappa shape index (κ1) is 14.7. The van der Waals surface area contributed by atoms with E-state index in [-0.39, 0.29) is 11.8 Å². The van der Waals surface area contributed by atoms with Gasteiger partial charge in [0.05, 0.1) is 15.8 Å². The highest BCUT2D eigenvalue weighted by Crippen LogP contribution is 2.23. The smallest absolute Gasteiger partial charge is 0.149 e. The minimum absolute atomic E-state index is 0.0241. The van der Waals surface area contributed by atoms with Crippen LogP contribution in [0.15, 0.2) is 18.2 Å². The van der Waals surface area contributed by atoms with Crippen molar-refractivity contribution >= 4 is 33.0 Å². The van der Waals surface area contributed by atoms with Gasteiger partial charge >= 0.3 is 0 Å². The molecule has 0 radical (unpaired) electrons. The second-order valence-corrected chi connectivity index (χ2v) is 6.91. The van der Waals surface area contributed by atoms with E-state index in [1.54, 1.807) is 18.2 Å². The van der Waals surface area contributed by atoms with Gasteiger partial charge in [-0.15, -0.1) is 0 Å².